The van der Waals surface area contributed by atoms with Gasteiger partial charge in [-0.25, -0.2) is 17.8 Å². The lowest BCUT2D eigenvalue weighted by Gasteiger charge is -2.34. The van der Waals surface area contributed by atoms with Crippen LogP contribution in [0.2, 0.25) is 0 Å². The second kappa shape index (κ2) is 8.99. The molecule has 7 nitrogen and oxygen atoms in total. The van der Waals surface area contributed by atoms with Gasteiger partial charge in [-0.1, -0.05) is 0 Å². The largest absolute Gasteiger partial charge is 0.346 e. The Balaban J connectivity index is 1.41. The molecule has 0 bridgehead atoms. The van der Waals surface area contributed by atoms with Crippen molar-refractivity contribution >= 4 is 32.4 Å². The van der Waals surface area contributed by atoms with Crippen LogP contribution in [0.4, 0.5) is 9.52 Å². The number of thiazole rings is 1. The summed E-state index contributed by atoms with van der Waals surface area (Å²) in [5.74, 6) is -0.802. The molecule has 1 aromatic carbocycles. The Labute approximate surface area is 180 Å². The van der Waals surface area contributed by atoms with Crippen molar-refractivity contribution in [2.24, 2.45) is 5.92 Å². The summed E-state index contributed by atoms with van der Waals surface area (Å²) in [5.41, 5.74) is 0. The van der Waals surface area contributed by atoms with Crippen molar-refractivity contribution in [3.05, 3.63) is 41.7 Å². The van der Waals surface area contributed by atoms with Crippen molar-refractivity contribution in [2.75, 3.05) is 44.2 Å². The van der Waals surface area contributed by atoms with Crippen molar-refractivity contribution in [1.29, 1.82) is 0 Å². The third-order valence-corrected chi connectivity index (χ3v) is 8.39. The lowest BCUT2D eigenvalue weighted by Crippen LogP contribution is -2.47. The zero-order valence-corrected chi connectivity index (χ0v) is 18.2. The van der Waals surface area contributed by atoms with Crippen molar-refractivity contribution in [2.45, 2.75) is 24.2 Å². The molecule has 0 spiro atoms. The average molecular weight is 453 g/mol. The fraction of sp³-hybridized carbons (Fsp3) is 0.500. The van der Waals surface area contributed by atoms with Gasteiger partial charge in [0.1, 0.15) is 5.82 Å². The maximum atomic E-state index is 13.2. The summed E-state index contributed by atoms with van der Waals surface area (Å²) < 4.78 is 40.4. The van der Waals surface area contributed by atoms with Crippen molar-refractivity contribution in [3.63, 3.8) is 0 Å². The molecule has 3 heterocycles. The highest BCUT2D eigenvalue weighted by molar-refractivity contribution is 7.89. The summed E-state index contributed by atoms with van der Waals surface area (Å²) in [4.78, 5) is 21.7. The van der Waals surface area contributed by atoms with Crippen LogP contribution >= 0.6 is 11.3 Å². The smallest absolute Gasteiger partial charge is 0.243 e. The Hall–Kier alpha value is -2.04. The molecule has 1 aromatic heterocycles. The third kappa shape index (κ3) is 4.50. The first-order valence-electron chi connectivity index (χ1n) is 10.1. The maximum Gasteiger partial charge on any atom is 0.243 e. The van der Waals surface area contributed by atoms with E-state index >= 15 is 0 Å². The summed E-state index contributed by atoms with van der Waals surface area (Å²) in [5, 5.41) is 2.92. The molecule has 10 heteroatoms. The number of aromatic nitrogens is 1. The van der Waals surface area contributed by atoms with Gasteiger partial charge in [0.15, 0.2) is 5.13 Å². The number of sulfonamides is 1. The first-order valence-corrected chi connectivity index (χ1v) is 12.5. The van der Waals surface area contributed by atoms with E-state index in [1.807, 2.05) is 10.3 Å². The van der Waals surface area contributed by atoms with Crippen LogP contribution in [0.25, 0.3) is 0 Å². The fourth-order valence-corrected chi connectivity index (χ4v) is 6.30. The SMILES string of the molecule is O=C(C1CCCN(S(=O)(=O)c2ccc(F)cc2)C1)N1CCCN(c2nccs2)CC1. The van der Waals surface area contributed by atoms with Crippen LogP contribution in [0.5, 0.6) is 0 Å². The van der Waals surface area contributed by atoms with Gasteiger partial charge in [0.25, 0.3) is 0 Å². The van der Waals surface area contributed by atoms with Gasteiger partial charge in [-0.3, -0.25) is 4.79 Å². The van der Waals surface area contributed by atoms with E-state index in [1.165, 1.54) is 16.4 Å². The number of piperidine rings is 1. The van der Waals surface area contributed by atoms with Gasteiger partial charge in [0.2, 0.25) is 15.9 Å². The fourth-order valence-electron chi connectivity index (χ4n) is 4.08. The monoisotopic (exact) mass is 452 g/mol. The quantitative estimate of drug-likeness (QED) is 0.712. The maximum absolute atomic E-state index is 13.2. The molecule has 1 atom stereocenters. The summed E-state index contributed by atoms with van der Waals surface area (Å²) >= 11 is 1.59. The van der Waals surface area contributed by atoms with Crippen LogP contribution in [-0.2, 0) is 14.8 Å². The van der Waals surface area contributed by atoms with E-state index < -0.39 is 15.8 Å². The predicted octanol–water partition coefficient (Wildman–Crippen LogP) is 2.42. The van der Waals surface area contributed by atoms with Crippen molar-refractivity contribution < 1.29 is 17.6 Å². The van der Waals surface area contributed by atoms with Crippen LogP contribution < -0.4 is 4.90 Å². The molecule has 2 fully saturated rings. The van der Waals surface area contributed by atoms with Crippen LogP contribution in [0.15, 0.2) is 40.7 Å². The Bertz CT molecular complexity index is 966. The number of hydrogen-bond donors (Lipinski definition) is 0. The van der Waals surface area contributed by atoms with Crippen LogP contribution in [0.3, 0.4) is 0 Å². The molecular formula is C20H25FN4O3S2. The van der Waals surface area contributed by atoms with Crippen LogP contribution in [0, 0.1) is 11.7 Å². The molecule has 0 aliphatic carbocycles. The van der Waals surface area contributed by atoms with Gasteiger partial charge in [-0.15, -0.1) is 11.3 Å². The minimum atomic E-state index is -3.74. The second-order valence-corrected chi connectivity index (χ2v) is 10.4. The summed E-state index contributed by atoms with van der Waals surface area (Å²) in [6, 6.07) is 4.84. The number of nitrogens with zero attached hydrogens (tertiary/aromatic N) is 4. The van der Waals surface area contributed by atoms with E-state index in [-0.39, 0.29) is 23.3 Å². The standard InChI is InChI=1S/C20H25FN4O3S2/c21-17-4-6-18(7-5-17)30(27,28)25-11-1-3-16(15-25)19(26)23-9-2-10-24(13-12-23)20-22-8-14-29-20/h4-8,14,16H,1-3,9-13,15H2. The Morgan fingerprint density at radius 3 is 2.60 bits per heavy atom. The van der Waals surface area contributed by atoms with Gasteiger partial charge in [-0.2, -0.15) is 4.31 Å². The normalized spacial score (nSPS) is 21.4. The minimum Gasteiger partial charge on any atom is -0.346 e. The average Bonchev–Trinajstić information content (AvgIpc) is 3.18. The third-order valence-electron chi connectivity index (χ3n) is 5.68. The zero-order valence-electron chi connectivity index (χ0n) is 16.6. The minimum absolute atomic E-state index is 0.0231. The molecule has 1 unspecified atom stereocenters. The lowest BCUT2D eigenvalue weighted by atomic mass is 9.98. The molecule has 2 aromatic rings. The van der Waals surface area contributed by atoms with E-state index in [4.69, 9.17) is 0 Å². The molecular weight excluding hydrogens is 427 g/mol. The molecule has 4 rings (SSSR count). The second-order valence-electron chi connectivity index (χ2n) is 7.64. The van der Waals surface area contributed by atoms with Crippen LogP contribution in [-0.4, -0.2) is 67.8 Å². The van der Waals surface area contributed by atoms with Gasteiger partial charge >= 0.3 is 0 Å². The molecule has 2 aliphatic rings. The molecule has 1 amide bonds. The van der Waals surface area contributed by atoms with E-state index in [0.29, 0.717) is 32.5 Å². The topological polar surface area (TPSA) is 73.8 Å². The first kappa shape index (κ1) is 21.2. The van der Waals surface area contributed by atoms with Gasteiger partial charge < -0.3 is 9.80 Å². The zero-order chi connectivity index (χ0) is 21.1. The summed E-state index contributed by atoms with van der Waals surface area (Å²) in [7, 11) is -3.74. The molecule has 2 saturated heterocycles. The Kier molecular flexibility index (Phi) is 6.35. The number of carbonyl (C=O) groups excluding carboxylic acids is 1. The number of benzene rings is 1. The number of halogens is 1. The molecule has 0 radical (unpaired) electrons. The Morgan fingerprint density at radius 2 is 1.87 bits per heavy atom. The summed E-state index contributed by atoms with van der Waals surface area (Å²) in [6.07, 6.45) is 3.96. The van der Waals surface area contributed by atoms with E-state index in [0.717, 1.165) is 36.8 Å². The number of anilines is 1. The van der Waals surface area contributed by atoms with E-state index in [9.17, 15) is 17.6 Å². The van der Waals surface area contributed by atoms with E-state index in [1.54, 1.807) is 17.5 Å². The van der Waals surface area contributed by atoms with E-state index in [2.05, 4.69) is 9.88 Å². The number of hydrogen-bond acceptors (Lipinski definition) is 6. The van der Waals surface area contributed by atoms with Gasteiger partial charge in [0, 0.05) is 50.8 Å². The molecule has 0 saturated carbocycles. The van der Waals surface area contributed by atoms with Crippen molar-refractivity contribution in [1.82, 2.24) is 14.2 Å². The highest BCUT2D eigenvalue weighted by Gasteiger charge is 2.35. The number of amides is 1. The molecule has 30 heavy (non-hydrogen) atoms. The number of rotatable bonds is 4. The summed E-state index contributed by atoms with van der Waals surface area (Å²) in [6.45, 7) is 3.41. The number of carbonyl (C=O) groups is 1. The highest BCUT2D eigenvalue weighted by atomic mass is 32.2. The predicted molar refractivity (Wildman–Crippen MR) is 113 cm³/mol. The van der Waals surface area contributed by atoms with Gasteiger partial charge in [0.05, 0.1) is 10.8 Å². The van der Waals surface area contributed by atoms with Crippen molar-refractivity contribution in [3.8, 4) is 0 Å². The lowest BCUT2D eigenvalue weighted by molar-refractivity contribution is -0.136. The Morgan fingerprint density at radius 1 is 1.07 bits per heavy atom. The first-order chi connectivity index (χ1) is 14.4. The molecule has 162 valence electrons. The highest BCUT2D eigenvalue weighted by Crippen LogP contribution is 2.26. The van der Waals surface area contributed by atoms with Gasteiger partial charge in [-0.05, 0) is 43.5 Å². The van der Waals surface area contributed by atoms with Crippen LogP contribution in [0.1, 0.15) is 19.3 Å². The molecule has 2 aliphatic heterocycles. The molecule has 0 N–H and O–H groups in total.